The maximum absolute atomic E-state index is 11.5. The van der Waals surface area contributed by atoms with E-state index in [1.807, 2.05) is 18.2 Å². The van der Waals surface area contributed by atoms with Gasteiger partial charge in [0.2, 0.25) is 5.91 Å². The maximum atomic E-state index is 11.5. The first kappa shape index (κ1) is 14.2. The zero-order chi connectivity index (χ0) is 14.5. The molecule has 0 radical (unpaired) electrons. The standard InChI is InChI=1S/C14H17NO5/c1-9(15-13(16)6-7-14(17)18)12-8-19-10-4-2-3-5-11(10)20-12/h2-5,9,12H,6-8H2,1H3,(H,15,16)(H,17,18)/p-1/t9-,12-/m1/s1. The van der Waals surface area contributed by atoms with Crippen LogP contribution < -0.4 is 19.9 Å². The molecular formula is C14H16NO5-. The Bertz CT molecular complexity index is 502. The van der Waals surface area contributed by atoms with Crippen LogP contribution in [0.5, 0.6) is 11.5 Å². The average molecular weight is 278 g/mol. The van der Waals surface area contributed by atoms with Gasteiger partial charge in [-0.2, -0.15) is 0 Å². The van der Waals surface area contributed by atoms with Gasteiger partial charge in [0, 0.05) is 12.4 Å². The van der Waals surface area contributed by atoms with Crippen LogP contribution in [0.1, 0.15) is 19.8 Å². The summed E-state index contributed by atoms with van der Waals surface area (Å²) in [7, 11) is 0. The van der Waals surface area contributed by atoms with Gasteiger partial charge < -0.3 is 24.7 Å². The quantitative estimate of drug-likeness (QED) is 0.810. The highest BCUT2D eigenvalue weighted by Gasteiger charge is 2.26. The van der Waals surface area contributed by atoms with Crippen LogP contribution in [0.15, 0.2) is 24.3 Å². The van der Waals surface area contributed by atoms with Crippen molar-refractivity contribution in [2.24, 2.45) is 0 Å². The number of nitrogens with one attached hydrogen (secondary N) is 1. The van der Waals surface area contributed by atoms with Gasteiger partial charge in [-0.15, -0.1) is 0 Å². The summed E-state index contributed by atoms with van der Waals surface area (Å²) >= 11 is 0. The van der Waals surface area contributed by atoms with Crippen LogP contribution in [0, 0.1) is 0 Å². The summed E-state index contributed by atoms with van der Waals surface area (Å²) in [5.41, 5.74) is 0. The molecule has 2 atom stereocenters. The Labute approximate surface area is 116 Å². The molecule has 1 aliphatic heterocycles. The van der Waals surface area contributed by atoms with E-state index < -0.39 is 5.97 Å². The number of para-hydroxylation sites is 2. The lowest BCUT2D eigenvalue weighted by Gasteiger charge is -2.30. The second-order valence-electron chi connectivity index (χ2n) is 4.64. The Morgan fingerprint density at radius 2 is 2.05 bits per heavy atom. The topological polar surface area (TPSA) is 87.7 Å². The number of hydrogen-bond acceptors (Lipinski definition) is 5. The fraction of sp³-hybridized carbons (Fsp3) is 0.429. The third-order valence-corrected chi connectivity index (χ3v) is 3.03. The van der Waals surface area contributed by atoms with E-state index in [2.05, 4.69) is 5.32 Å². The largest absolute Gasteiger partial charge is 0.550 e. The number of rotatable bonds is 5. The fourth-order valence-electron chi connectivity index (χ4n) is 1.92. The van der Waals surface area contributed by atoms with Crippen molar-refractivity contribution in [2.45, 2.75) is 31.9 Å². The smallest absolute Gasteiger partial charge is 0.220 e. The Morgan fingerprint density at radius 3 is 2.75 bits per heavy atom. The van der Waals surface area contributed by atoms with Gasteiger partial charge in [0.15, 0.2) is 17.6 Å². The zero-order valence-corrected chi connectivity index (χ0v) is 11.1. The van der Waals surface area contributed by atoms with Gasteiger partial charge in [-0.25, -0.2) is 0 Å². The number of amides is 1. The molecule has 1 aromatic rings. The van der Waals surface area contributed by atoms with Crippen molar-refractivity contribution < 1.29 is 24.2 Å². The third kappa shape index (κ3) is 3.63. The molecule has 6 nitrogen and oxygen atoms in total. The Balaban J connectivity index is 1.86. The van der Waals surface area contributed by atoms with Crippen LogP contribution in [-0.2, 0) is 9.59 Å². The fourth-order valence-corrected chi connectivity index (χ4v) is 1.92. The summed E-state index contributed by atoms with van der Waals surface area (Å²) in [6.45, 7) is 2.12. The summed E-state index contributed by atoms with van der Waals surface area (Å²) in [5.74, 6) is -0.262. The molecule has 0 aliphatic carbocycles. The molecule has 0 spiro atoms. The SMILES string of the molecule is C[C@@H](NC(=O)CCC(=O)[O-])[C@H]1COc2ccccc2O1. The minimum absolute atomic E-state index is 0.100. The molecule has 2 rings (SSSR count). The molecule has 0 fully saturated rings. The molecule has 108 valence electrons. The van der Waals surface area contributed by atoms with E-state index in [0.29, 0.717) is 18.1 Å². The predicted molar refractivity (Wildman–Crippen MR) is 68.2 cm³/mol. The van der Waals surface area contributed by atoms with Gasteiger partial charge in [-0.05, 0) is 25.5 Å². The lowest BCUT2D eigenvalue weighted by Crippen LogP contribution is -2.48. The normalized spacial score (nSPS) is 18.1. The molecule has 0 bridgehead atoms. The molecule has 0 aromatic heterocycles. The molecular weight excluding hydrogens is 262 g/mol. The Hall–Kier alpha value is -2.24. The average Bonchev–Trinajstić information content (AvgIpc) is 2.44. The number of aliphatic carboxylic acids is 1. The molecule has 1 aliphatic rings. The molecule has 0 unspecified atom stereocenters. The highest BCUT2D eigenvalue weighted by atomic mass is 16.6. The number of ether oxygens (including phenoxy) is 2. The van der Waals surface area contributed by atoms with Gasteiger partial charge in [0.25, 0.3) is 0 Å². The van der Waals surface area contributed by atoms with Crippen LogP contribution in [0.3, 0.4) is 0 Å². The van der Waals surface area contributed by atoms with Crippen molar-refractivity contribution >= 4 is 11.9 Å². The number of fused-ring (bicyclic) bond motifs is 1. The van der Waals surface area contributed by atoms with Gasteiger partial charge in [-0.3, -0.25) is 4.79 Å². The number of benzene rings is 1. The van der Waals surface area contributed by atoms with Crippen molar-refractivity contribution in [3.05, 3.63) is 24.3 Å². The van der Waals surface area contributed by atoms with Crippen LogP contribution >= 0.6 is 0 Å². The van der Waals surface area contributed by atoms with Crippen molar-refractivity contribution in [2.75, 3.05) is 6.61 Å². The second kappa shape index (κ2) is 6.27. The second-order valence-corrected chi connectivity index (χ2v) is 4.64. The minimum atomic E-state index is -1.24. The lowest BCUT2D eigenvalue weighted by atomic mass is 10.1. The van der Waals surface area contributed by atoms with Crippen LogP contribution in [0.2, 0.25) is 0 Å². The minimum Gasteiger partial charge on any atom is -0.550 e. The van der Waals surface area contributed by atoms with Gasteiger partial charge in [-0.1, -0.05) is 12.1 Å². The predicted octanol–water partition coefficient (Wildman–Crippen LogP) is -0.139. The monoisotopic (exact) mass is 278 g/mol. The molecule has 20 heavy (non-hydrogen) atoms. The first-order valence-corrected chi connectivity index (χ1v) is 6.44. The molecule has 0 saturated carbocycles. The summed E-state index contributed by atoms with van der Waals surface area (Å²) < 4.78 is 11.3. The number of carbonyl (C=O) groups is 2. The highest BCUT2D eigenvalue weighted by molar-refractivity contribution is 5.80. The van der Waals surface area contributed by atoms with Crippen LogP contribution in [0.25, 0.3) is 0 Å². The molecule has 6 heteroatoms. The zero-order valence-electron chi connectivity index (χ0n) is 11.1. The summed E-state index contributed by atoms with van der Waals surface area (Å²) in [6, 6.07) is 7.03. The van der Waals surface area contributed by atoms with E-state index in [4.69, 9.17) is 9.47 Å². The van der Waals surface area contributed by atoms with E-state index in [0.717, 1.165) is 0 Å². The molecule has 0 saturated heterocycles. The lowest BCUT2D eigenvalue weighted by molar-refractivity contribution is -0.305. The third-order valence-electron chi connectivity index (χ3n) is 3.03. The number of carbonyl (C=O) groups excluding carboxylic acids is 2. The van der Waals surface area contributed by atoms with Crippen LogP contribution in [-0.4, -0.2) is 30.6 Å². The number of hydrogen-bond donors (Lipinski definition) is 1. The summed E-state index contributed by atoms with van der Waals surface area (Å²) in [6.07, 6.45) is -0.697. The van der Waals surface area contributed by atoms with E-state index >= 15 is 0 Å². The maximum Gasteiger partial charge on any atom is 0.220 e. The van der Waals surface area contributed by atoms with Gasteiger partial charge >= 0.3 is 0 Å². The van der Waals surface area contributed by atoms with E-state index in [1.54, 1.807) is 13.0 Å². The van der Waals surface area contributed by atoms with Gasteiger partial charge in [0.05, 0.1) is 6.04 Å². The highest BCUT2D eigenvalue weighted by Crippen LogP contribution is 2.31. The van der Waals surface area contributed by atoms with Gasteiger partial charge in [0.1, 0.15) is 6.61 Å². The van der Waals surface area contributed by atoms with Crippen LogP contribution in [0.4, 0.5) is 0 Å². The molecule has 1 N–H and O–H groups in total. The first-order chi connectivity index (χ1) is 9.56. The van der Waals surface area contributed by atoms with Crippen molar-refractivity contribution in [3.63, 3.8) is 0 Å². The molecule has 1 amide bonds. The van der Waals surface area contributed by atoms with E-state index in [-0.39, 0.29) is 30.9 Å². The molecule has 1 heterocycles. The Morgan fingerprint density at radius 1 is 1.35 bits per heavy atom. The number of carboxylic acid groups (broad SMARTS) is 1. The summed E-state index contributed by atoms with van der Waals surface area (Å²) in [5, 5.41) is 13.0. The van der Waals surface area contributed by atoms with Crippen molar-refractivity contribution in [1.82, 2.24) is 5.32 Å². The van der Waals surface area contributed by atoms with Crippen molar-refractivity contribution in [3.8, 4) is 11.5 Å². The van der Waals surface area contributed by atoms with Crippen molar-refractivity contribution in [1.29, 1.82) is 0 Å². The molecule has 1 aromatic carbocycles. The number of carboxylic acids is 1. The summed E-state index contributed by atoms with van der Waals surface area (Å²) in [4.78, 5) is 21.8. The Kier molecular flexibility index (Phi) is 4.45. The van der Waals surface area contributed by atoms with E-state index in [1.165, 1.54) is 0 Å². The first-order valence-electron chi connectivity index (χ1n) is 6.44. The van der Waals surface area contributed by atoms with E-state index in [9.17, 15) is 14.7 Å².